The van der Waals surface area contributed by atoms with E-state index in [2.05, 4.69) is 42.0 Å². The zero-order chi connectivity index (χ0) is 14.1. The topological polar surface area (TPSA) is 41.1 Å². The summed E-state index contributed by atoms with van der Waals surface area (Å²) in [5.74, 6) is 1.87. The van der Waals surface area contributed by atoms with Crippen LogP contribution in [0.4, 0.5) is 11.8 Å². The number of hydrogen-bond acceptors (Lipinski definition) is 5. The van der Waals surface area contributed by atoms with Gasteiger partial charge in [0.15, 0.2) is 0 Å². The normalized spacial score (nSPS) is 19.6. The predicted molar refractivity (Wildman–Crippen MR) is 87.0 cm³/mol. The van der Waals surface area contributed by atoms with Gasteiger partial charge in [0.05, 0.1) is 5.39 Å². The lowest BCUT2D eigenvalue weighted by Gasteiger charge is -2.34. The third-order valence-corrected chi connectivity index (χ3v) is 4.85. The maximum Gasteiger partial charge on any atom is 0.226 e. The van der Waals surface area contributed by atoms with Gasteiger partial charge in [0, 0.05) is 24.0 Å². The van der Waals surface area contributed by atoms with Crippen molar-refractivity contribution in [3.05, 3.63) is 10.9 Å². The molecule has 0 aromatic carbocycles. The van der Waals surface area contributed by atoms with E-state index in [1.54, 1.807) is 11.3 Å². The molecule has 0 saturated carbocycles. The third-order valence-electron chi connectivity index (χ3n) is 3.91. The zero-order valence-electron chi connectivity index (χ0n) is 12.4. The quantitative estimate of drug-likeness (QED) is 0.933. The van der Waals surface area contributed by atoms with Crippen LogP contribution in [0.15, 0.2) is 6.07 Å². The minimum Gasteiger partial charge on any atom is -0.354 e. The maximum absolute atomic E-state index is 4.79. The molecule has 1 saturated heterocycles. The van der Waals surface area contributed by atoms with Crippen LogP contribution in [0, 0.1) is 6.92 Å². The molecule has 1 aliphatic rings. The van der Waals surface area contributed by atoms with Crippen LogP contribution in [0.3, 0.4) is 0 Å². The van der Waals surface area contributed by atoms with Crippen molar-refractivity contribution in [1.82, 2.24) is 9.97 Å². The Morgan fingerprint density at radius 1 is 1.40 bits per heavy atom. The number of aryl methyl sites for hydroxylation is 1. The van der Waals surface area contributed by atoms with Crippen molar-refractivity contribution in [2.45, 2.75) is 46.1 Å². The Morgan fingerprint density at radius 3 is 3.00 bits per heavy atom. The standard InChI is InChI=1S/C15H22N4S/c1-4-16-15-17-13(19-8-6-5-7-10(19)2)12-9-11(3)20-14(12)18-15/h9-10H,4-8H2,1-3H3,(H,16,17,18). The van der Waals surface area contributed by atoms with Crippen LogP contribution in [0.25, 0.3) is 10.2 Å². The van der Waals surface area contributed by atoms with Crippen molar-refractivity contribution in [1.29, 1.82) is 0 Å². The number of anilines is 2. The Morgan fingerprint density at radius 2 is 2.25 bits per heavy atom. The number of rotatable bonds is 3. The van der Waals surface area contributed by atoms with Crippen LogP contribution in [-0.4, -0.2) is 29.1 Å². The summed E-state index contributed by atoms with van der Waals surface area (Å²) in [6.45, 7) is 8.48. The molecule has 0 radical (unpaired) electrons. The molecule has 2 aromatic heterocycles. The third kappa shape index (κ3) is 2.46. The fourth-order valence-electron chi connectivity index (χ4n) is 2.90. The van der Waals surface area contributed by atoms with Gasteiger partial charge in [0.2, 0.25) is 5.95 Å². The monoisotopic (exact) mass is 290 g/mol. The maximum atomic E-state index is 4.79. The van der Waals surface area contributed by atoms with Gasteiger partial charge in [-0.05, 0) is 46.1 Å². The summed E-state index contributed by atoms with van der Waals surface area (Å²) in [5.41, 5.74) is 0. The Labute approximate surface area is 124 Å². The van der Waals surface area contributed by atoms with Crippen LogP contribution in [0.1, 0.15) is 38.0 Å². The lowest BCUT2D eigenvalue weighted by atomic mass is 10.0. The van der Waals surface area contributed by atoms with E-state index in [1.165, 1.54) is 29.5 Å². The van der Waals surface area contributed by atoms with Crippen LogP contribution < -0.4 is 10.2 Å². The summed E-state index contributed by atoms with van der Waals surface area (Å²) in [4.78, 5) is 14.3. The number of hydrogen-bond donors (Lipinski definition) is 1. The molecule has 3 rings (SSSR count). The van der Waals surface area contributed by atoms with Gasteiger partial charge < -0.3 is 10.2 Å². The van der Waals surface area contributed by atoms with Gasteiger partial charge >= 0.3 is 0 Å². The minimum atomic E-state index is 0.566. The lowest BCUT2D eigenvalue weighted by Crippen LogP contribution is -2.38. The molecule has 4 nitrogen and oxygen atoms in total. The van der Waals surface area contributed by atoms with E-state index >= 15 is 0 Å². The van der Waals surface area contributed by atoms with Crippen LogP contribution >= 0.6 is 11.3 Å². The molecular weight excluding hydrogens is 268 g/mol. The van der Waals surface area contributed by atoms with Crippen molar-refractivity contribution >= 4 is 33.3 Å². The van der Waals surface area contributed by atoms with Crippen molar-refractivity contribution in [2.75, 3.05) is 23.3 Å². The minimum absolute atomic E-state index is 0.566. The van der Waals surface area contributed by atoms with Crippen molar-refractivity contribution in [2.24, 2.45) is 0 Å². The second kappa shape index (κ2) is 5.56. The summed E-state index contributed by atoms with van der Waals surface area (Å²) in [6.07, 6.45) is 3.84. The van der Waals surface area contributed by atoms with Crippen molar-refractivity contribution < 1.29 is 0 Å². The molecule has 1 aliphatic heterocycles. The first-order chi connectivity index (χ1) is 9.69. The van der Waals surface area contributed by atoms with Crippen LogP contribution in [-0.2, 0) is 0 Å². The highest BCUT2D eigenvalue weighted by Crippen LogP contribution is 2.34. The first kappa shape index (κ1) is 13.6. The summed E-state index contributed by atoms with van der Waals surface area (Å²) < 4.78 is 0. The van der Waals surface area contributed by atoms with Gasteiger partial charge in [-0.15, -0.1) is 11.3 Å². The lowest BCUT2D eigenvalue weighted by molar-refractivity contribution is 0.482. The summed E-state index contributed by atoms with van der Waals surface area (Å²) in [6, 6.07) is 2.79. The molecule has 0 spiro atoms. The van der Waals surface area contributed by atoms with Crippen molar-refractivity contribution in [3.8, 4) is 0 Å². The second-order valence-electron chi connectivity index (χ2n) is 5.52. The van der Waals surface area contributed by atoms with E-state index in [1.807, 2.05) is 0 Å². The highest BCUT2D eigenvalue weighted by atomic mass is 32.1. The van der Waals surface area contributed by atoms with Gasteiger partial charge in [0.25, 0.3) is 0 Å². The number of piperidine rings is 1. The van der Waals surface area contributed by atoms with Gasteiger partial charge in [0.1, 0.15) is 10.6 Å². The summed E-state index contributed by atoms with van der Waals surface area (Å²) >= 11 is 1.75. The Balaban J connectivity index is 2.10. The molecule has 1 N–H and O–H groups in total. The smallest absolute Gasteiger partial charge is 0.226 e. The molecule has 1 fully saturated rings. The SMILES string of the molecule is CCNc1nc(N2CCCCC2C)c2cc(C)sc2n1. The highest BCUT2D eigenvalue weighted by Gasteiger charge is 2.23. The van der Waals surface area contributed by atoms with E-state index in [0.717, 1.165) is 29.7 Å². The number of aromatic nitrogens is 2. The van der Waals surface area contributed by atoms with Crippen LogP contribution in [0.2, 0.25) is 0 Å². The highest BCUT2D eigenvalue weighted by molar-refractivity contribution is 7.18. The molecule has 5 heteroatoms. The number of fused-ring (bicyclic) bond motifs is 1. The van der Waals surface area contributed by atoms with Crippen molar-refractivity contribution in [3.63, 3.8) is 0 Å². The molecule has 3 heterocycles. The van der Waals surface area contributed by atoms with E-state index in [4.69, 9.17) is 4.98 Å². The van der Waals surface area contributed by atoms with E-state index in [-0.39, 0.29) is 0 Å². The van der Waals surface area contributed by atoms with E-state index in [0.29, 0.717) is 6.04 Å². The van der Waals surface area contributed by atoms with Gasteiger partial charge in [-0.3, -0.25) is 0 Å². The Bertz CT molecular complexity index is 607. The molecular formula is C15H22N4S. The molecule has 20 heavy (non-hydrogen) atoms. The number of nitrogens with one attached hydrogen (secondary N) is 1. The number of thiophene rings is 1. The van der Waals surface area contributed by atoms with E-state index in [9.17, 15) is 0 Å². The second-order valence-corrected chi connectivity index (χ2v) is 6.75. The largest absolute Gasteiger partial charge is 0.354 e. The van der Waals surface area contributed by atoms with E-state index < -0.39 is 0 Å². The summed E-state index contributed by atoms with van der Waals surface area (Å²) in [5, 5.41) is 4.47. The summed E-state index contributed by atoms with van der Waals surface area (Å²) in [7, 11) is 0. The molecule has 0 aliphatic carbocycles. The first-order valence-electron chi connectivity index (χ1n) is 7.47. The molecule has 1 atom stereocenters. The zero-order valence-corrected chi connectivity index (χ0v) is 13.3. The molecule has 108 valence electrons. The first-order valence-corrected chi connectivity index (χ1v) is 8.29. The predicted octanol–water partition coefficient (Wildman–Crippen LogP) is 3.81. The Hall–Kier alpha value is -1.36. The van der Waals surface area contributed by atoms with Gasteiger partial charge in [-0.2, -0.15) is 4.98 Å². The van der Waals surface area contributed by atoms with Gasteiger partial charge in [-0.25, -0.2) is 4.98 Å². The average molecular weight is 290 g/mol. The average Bonchev–Trinajstić information content (AvgIpc) is 2.79. The fourth-order valence-corrected chi connectivity index (χ4v) is 3.77. The molecule has 2 aromatic rings. The molecule has 0 amide bonds. The Kier molecular flexibility index (Phi) is 3.78. The van der Waals surface area contributed by atoms with Gasteiger partial charge in [-0.1, -0.05) is 0 Å². The number of nitrogens with zero attached hydrogens (tertiary/aromatic N) is 3. The fraction of sp³-hybridized carbons (Fsp3) is 0.600. The van der Waals surface area contributed by atoms with Crippen LogP contribution in [0.5, 0.6) is 0 Å². The molecule has 0 bridgehead atoms. The molecule has 1 unspecified atom stereocenters.